The Balaban J connectivity index is 2.15. The first kappa shape index (κ1) is 13.7. The zero-order chi connectivity index (χ0) is 13.2. The van der Waals surface area contributed by atoms with Gasteiger partial charge in [-0.3, -0.25) is 9.69 Å². The molecule has 0 aromatic rings. The van der Waals surface area contributed by atoms with Crippen molar-refractivity contribution in [2.24, 2.45) is 5.41 Å². The third-order valence-corrected chi connectivity index (χ3v) is 4.29. The lowest BCUT2D eigenvalue weighted by molar-refractivity contribution is -0.151. The normalized spacial score (nSPS) is 34.0. The fraction of sp³-hybridized carbons (Fsp3) is 0.917. The highest BCUT2D eigenvalue weighted by atomic mass is 16.3. The number of nitrogens with zero attached hydrogens (tertiary/aromatic N) is 1. The number of likely N-dealkylation sites (tertiary alicyclic amines) is 1. The van der Waals surface area contributed by atoms with Gasteiger partial charge in [0.15, 0.2) is 0 Å². The van der Waals surface area contributed by atoms with Crippen LogP contribution in [0.25, 0.3) is 0 Å². The van der Waals surface area contributed by atoms with Gasteiger partial charge in [-0.15, -0.1) is 0 Å². The van der Waals surface area contributed by atoms with Crippen molar-refractivity contribution in [1.82, 2.24) is 10.2 Å². The van der Waals surface area contributed by atoms with Crippen LogP contribution in [0.15, 0.2) is 0 Å². The highest BCUT2D eigenvalue weighted by Gasteiger charge is 2.50. The number of amides is 1. The van der Waals surface area contributed by atoms with Gasteiger partial charge in [-0.1, -0.05) is 0 Å². The Hall–Kier alpha value is -0.690. The van der Waals surface area contributed by atoms with E-state index in [0.29, 0.717) is 32.5 Å². The van der Waals surface area contributed by atoms with Crippen LogP contribution in [0.2, 0.25) is 0 Å². The smallest absolute Gasteiger partial charge is 0.230 e. The first-order chi connectivity index (χ1) is 8.64. The van der Waals surface area contributed by atoms with Crippen molar-refractivity contribution in [2.45, 2.75) is 31.4 Å². The van der Waals surface area contributed by atoms with Crippen LogP contribution in [-0.4, -0.2) is 71.1 Å². The molecule has 2 aliphatic heterocycles. The van der Waals surface area contributed by atoms with Crippen LogP contribution in [0, 0.1) is 5.41 Å². The second kappa shape index (κ2) is 5.52. The van der Waals surface area contributed by atoms with Gasteiger partial charge < -0.3 is 20.6 Å². The van der Waals surface area contributed by atoms with Crippen LogP contribution in [0.4, 0.5) is 0 Å². The maximum atomic E-state index is 12.1. The van der Waals surface area contributed by atoms with E-state index in [1.165, 1.54) is 0 Å². The second-order valence-corrected chi connectivity index (χ2v) is 5.31. The van der Waals surface area contributed by atoms with E-state index in [1.54, 1.807) is 0 Å². The van der Waals surface area contributed by atoms with Gasteiger partial charge in [-0.25, -0.2) is 0 Å². The third kappa shape index (κ3) is 2.25. The maximum absolute atomic E-state index is 12.1. The largest absolute Gasteiger partial charge is 0.395 e. The zero-order valence-electron chi connectivity index (χ0n) is 10.5. The van der Waals surface area contributed by atoms with Crippen LogP contribution < -0.4 is 5.32 Å². The summed E-state index contributed by atoms with van der Waals surface area (Å²) in [5.41, 5.74) is -0.765. The molecule has 1 spiro atoms. The Kier molecular flexibility index (Phi) is 4.21. The Labute approximate surface area is 107 Å². The van der Waals surface area contributed by atoms with E-state index in [9.17, 15) is 20.1 Å². The summed E-state index contributed by atoms with van der Waals surface area (Å²) in [6.07, 6.45) is 1.40. The second-order valence-electron chi connectivity index (χ2n) is 5.31. The van der Waals surface area contributed by atoms with Crippen LogP contribution in [-0.2, 0) is 4.79 Å². The molecule has 6 nitrogen and oxygen atoms in total. The van der Waals surface area contributed by atoms with Crippen LogP contribution in [0.5, 0.6) is 0 Å². The van der Waals surface area contributed by atoms with Gasteiger partial charge in [0.1, 0.15) is 0 Å². The van der Waals surface area contributed by atoms with Crippen LogP contribution in [0.1, 0.15) is 19.3 Å². The highest BCUT2D eigenvalue weighted by Crippen LogP contribution is 2.37. The van der Waals surface area contributed by atoms with Crippen molar-refractivity contribution in [3.63, 3.8) is 0 Å². The third-order valence-electron chi connectivity index (χ3n) is 4.29. The summed E-state index contributed by atoms with van der Waals surface area (Å²) in [6.45, 7) is 1.40. The number of hydrogen-bond acceptors (Lipinski definition) is 5. The molecule has 2 aliphatic rings. The van der Waals surface area contributed by atoms with E-state index in [-0.39, 0.29) is 25.2 Å². The molecule has 2 fully saturated rings. The predicted octanol–water partition coefficient (Wildman–Crippen LogP) is -1.70. The van der Waals surface area contributed by atoms with Gasteiger partial charge in [0, 0.05) is 19.6 Å². The van der Waals surface area contributed by atoms with E-state index < -0.39 is 11.5 Å². The molecule has 6 heteroatoms. The van der Waals surface area contributed by atoms with Gasteiger partial charge in [0.2, 0.25) is 5.91 Å². The Morgan fingerprint density at radius 1 is 1.44 bits per heavy atom. The topological polar surface area (TPSA) is 93.0 Å². The molecule has 4 N–H and O–H groups in total. The Bertz CT molecular complexity index is 308. The lowest BCUT2D eigenvalue weighted by atomic mass is 9.71. The van der Waals surface area contributed by atoms with Crippen molar-refractivity contribution in [1.29, 1.82) is 0 Å². The number of nitrogens with one attached hydrogen (secondary N) is 1. The van der Waals surface area contributed by atoms with Gasteiger partial charge in [-0.05, 0) is 19.3 Å². The minimum atomic E-state index is -0.765. The molecule has 0 saturated carbocycles. The monoisotopic (exact) mass is 258 g/mol. The van der Waals surface area contributed by atoms with Crippen molar-refractivity contribution in [3.8, 4) is 0 Å². The van der Waals surface area contributed by atoms with Crippen LogP contribution in [0.3, 0.4) is 0 Å². The molecule has 0 unspecified atom stereocenters. The summed E-state index contributed by atoms with van der Waals surface area (Å²) in [5.74, 6) is -0.0967. The molecule has 104 valence electrons. The van der Waals surface area contributed by atoms with Crippen molar-refractivity contribution in [2.75, 3.05) is 32.8 Å². The van der Waals surface area contributed by atoms with Gasteiger partial charge in [0.25, 0.3) is 0 Å². The minimum absolute atomic E-state index is 0.0967. The summed E-state index contributed by atoms with van der Waals surface area (Å²) in [6, 6.07) is -0.343. The van der Waals surface area contributed by atoms with Gasteiger partial charge in [0.05, 0.1) is 30.8 Å². The molecule has 0 radical (unpaired) electrons. The average molecular weight is 258 g/mol. The van der Waals surface area contributed by atoms with Crippen molar-refractivity contribution < 1.29 is 20.1 Å². The molecular weight excluding hydrogens is 236 g/mol. The lowest BCUT2D eigenvalue weighted by Gasteiger charge is -2.48. The highest BCUT2D eigenvalue weighted by molar-refractivity contribution is 5.84. The molecule has 0 aliphatic carbocycles. The molecule has 0 bridgehead atoms. The number of carbonyl (C=O) groups excluding carboxylic acids is 1. The minimum Gasteiger partial charge on any atom is -0.395 e. The van der Waals surface area contributed by atoms with E-state index in [4.69, 9.17) is 0 Å². The summed E-state index contributed by atoms with van der Waals surface area (Å²) >= 11 is 0. The molecule has 18 heavy (non-hydrogen) atoms. The summed E-state index contributed by atoms with van der Waals surface area (Å²) in [4.78, 5) is 14.0. The molecule has 1 amide bonds. The van der Waals surface area contributed by atoms with E-state index in [2.05, 4.69) is 5.32 Å². The SMILES string of the molecule is O=C1NCCC[C@]12CN(C(CO)CO)CC[C@@H]2O. The van der Waals surface area contributed by atoms with Gasteiger partial charge in [-0.2, -0.15) is 0 Å². The van der Waals surface area contributed by atoms with Crippen LogP contribution >= 0.6 is 0 Å². The van der Waals surface area contributed by atoms with Crippen molar-refractivity contribution >= 4 is 5.91 Å². The average Bonchev–Trinajstić information content (AvgIpc) is 2.38. The molecule has 2 saturated heterocycles. The van der Waals surface area contributed by atoms with E-state index in [0.717, 1.165) is 6.42 Å². The fourth-order valence-electron chi connectivity index (χ4n) is 3.08. The first-order valence-corrected chi connectivity index (χ1v) is 6.56. The summed E-state index contributed by atoms with van der Waals surface area (Å²) < 4.78 is 0. The summed E-state index contributed by atoms with van der Waals surface area (Å²) in [5, 5.41) is 31.5. The molecule has 0 aromatic carbocycles. The molecule has 2 heterocycles. The quantitative estimate of drug-likeness (QED) is 0.484. The Morgan fingerprint density at radius 3 is 2.78 bits per heavy atom. The summed E-state index contributed by atoms with van der Waals surface area (Å²) in [7, 11) is 0. The molecule has 2 atom stereocenters. The number of hydrogen-bond donors (Lipinski definition) is 4. The Morgan fingerprint density at radius 2 is 2.17 bits per heavy atom. The standard InChI is InChI=1S/C12H22N2O4/c15-6-9(7-16)14-5-2-10(17)12(8-14)3-1-4-13-11(12)18/h9-10,15-17H,1-8H2,(H,13,18)/t10-,12+/m0/s1. The lowest BCUT2D eigenvalue weighted by Crippen LogP contribution is -2.63. The number of carbonyl (C=O) groups is 1. The van der Waals surface area contributed by atoms with Gasteiger partial charge >= 0.3 is 0 Å². The molecular formula is C12H22N2O4. The molecule has 0 aromatic heterocycles. The van der Waals surface area contributed by atoms with Crippen molar-refractivity contribution in [3.05, 3.63) is 0 Å². The number of rotatable bonds is 3. The fourth-order valence-corrected chi connectivity index (χ4v) is 3.08. The first-order valence-electron chi connectivity index (χ1n) is 6.56. The number of aliphatic hydroxyl groups is 3. The predicted molar refractivity (Wildman–Crippen MR) is 64.8 cm³/mol. The van der Waals surface area contributed by atoms with E-state index >= 15 is 0 Å². The zero-order valence-corrected chi connectivity index (χ0v) is 10.5. The van der Waals surface area contributed by atoms with E-state index in [1.807, 2.05) is 4.90 Å². The number of piperidine rings is 2. The molecule has 2 rings (SSSR count). The maximum Gasteiger partial charge on any atom is 0.230 e. The number of aliphatic hydroxyl groups excluding tert-OH is 3.